The zero-order valence-electron chi connectivity index (χ0n) is 28.4. The second kappa shape index (κ2) is 15.9. The Hall–Kier alpha value is -3.60. The molecule has 4 heteroatoms. The highest BCUT2D eigenvalue weighted by atomic mass is 16.3. The Morgan fingerprint density at radius 1 is 0.568 bits per heavy atom. The third-order valence-corrected chi connectivity index (χ3v) is 8.31. The van der Waals surface area contributed by atoms with E-state index in [2.05, 4.69) is 65.8 Å². The number of carbonyl (C=O) groups excluding carboxylic acids is 2. The lowest BCUT2D eigenvalue weighted by molar-refractivity contribution is -0.126. The molecule has 0 radical (unpaired) electrons. The fourth-order valence-corrected chi connectivity index (χ4v) is 5.64. The van der Waals surface area contributed by atoms with Crippen LogP contribution in [0, 0.1) is 10.8 Å². The molecule has 44 heavy (non-hydrogen) atoms. The third kappa shape index (κ3) is 10.5. The van der Waals surface area contributed by atoms with Crippen LogP contribution in [0.25, 0.3) is 0 Å². The summed E-state index contributed by atoms with van der Waals surface area (Å²) in [5, 5.41) is 20.0. The maximum absolute atomic E-state index is 12.2. The Bertz CT molecular complexity index is 1450. The molecule has 236 valence electrons. The molecule has 0 heterocycles. The molecule has 0 aromatic rings. The van der Waals surface area contributed by atoms with E-state index in [1.807, 2.05) is 74.6 Å². The van der Waals surface area contributed by atoms with Gasteiger partial charge in [0.05, 0.1) is 0 Å². The van der Waals surface area contributed by atoms with E-state index >= 15 is 0 Å². The van der Waals surface area contributed by atoms with Crippen molar-refractivity contribution in [2.24, 2.45) is 10.8 Å². The number of aliphatic hydroxyl groups excluding tert-OH is 2. The number of rotatable bonds is 10. The summed E-state index contributed by atoms with van der Waals surface area (Å²) in [7, 11) is 0. The molecule has 0 saturated heterocycles. The van der Waals surface area contributed by atoms with Gasteiger partial charge < -0.3 is 10.2 Å². The minimum Gasteiger partial charge on any atom is -0.385 e. The fourth-order valence-electron chi connectivity index (χ4n) is 5.64. The van der Waals surface area contributed by atoms with E-state index in [-0.39, 0.29) is 22.4 Å². The Morgan fingerprint density at radius 3 is 1.27 bits per heavy atom. The predicted molar refractivity (Wildman–Crippen MR) is 185 cm³/mol. The largest absolute Gasteiger partial charge is 0.385 e. The van der Waals surface area contributed by atoms with Crippen molar-refractivity contribution in [2.75, 3.05) is 0 Å². The number of hydrogen-bond donors (Lipinski definition) is 2. The molecule has 2 aliphatic carbocycles. The fraction of sp³-hybridized carbons (Fsp3) is 0.400. The van der Waals surface area contributed by atoms with E-state index in [1.54, 1.807) is 13.8 Å². The molecule has 0 aliphatic heterocycles. The first kappa shape index (κ1) is 36.6. The van der Waals surface area contributed by atoms with Crippen LogP contribution in [0.3, 0.4) is 0 Å². The molecule has 0 fully saturated rings. The van der Waals surface area contributed by atoms with Gasteiger partial charge in [-0.1, -0.05) is 135 Å². The number of Topliss-reactive ketones (excluding diaryl/α,β-unsaturated/α-hetero) is 2. The minimum atomic E-state index is -0.907. The average Bonchev–Trinajstić information content (AvgIpc) is 2.91. The molecule has 2 rings (SSSR count). The van der Waals surface area contributed by atoms with Crippen molar-refractivity contribution in [3.05, 3.63) is 130 Å². The lowest BCUT2D eigenvalue weighted by Crippen LogP contribution is -2.35. The van der Waals surface area contributed by atoms with Gasteiger partial charge in [0.25, 0.3) is 0 Å². The van der Waals surface area contributed by atoms with Gasteiger partial charge in [0.2, 0.25) is 0 Å². The van der Waals surface area contributed by atoms with Crippen LogP contribution in [0.1, 0.15) is 82.1 Å². The molecule has 2 N–H and O–H groups in total. The summed E-state index contributed by atoms with van der Waals surface area (Å²) in [4.78, 5) is 24.4. The Balaban J connectivity index is 1.95. The van der Waals surface area contributed by atoms with Gasteiger partial charge in [0.1, 0.15) is 12.2 Å². The Kier molecular flexibility index (Phi) is 13.2. The van der Waals surface area contributed by atoms with Crippen molar-refractivity contribution in [3.8, 4) is 0 Å². The summed E-state index contributed by atoms with van der Waals surface area (Å²) in [6, 6.07) is 0. The molecule has 2 aliphatic rings. The molecule has 0 spiro atoms. The first-order valence-electron chi connectivity index (χ1n) is 15.4. The predicted octanol–water partition coefficient (Wildman–Crippen LogP) is 8.91. The molecular weight excluding hydrogens is 544 g/mol. The van der Waals surface area contributed by atoms with Gasteiger partial charge in [-0.05, 0) is 87.5 Å². The van der Waals surface area contributed by atoms with Crippen molar-refractivity contribution in [1.29, 1.82) is 0 Å². The highest BCUT2D eigenvalue weighted by Crippen LogP contribution is 2.40. The van der Waals surface area contributed by atoms with Gasteiger partial charge in [0, 0.05) is 0 Å². The summed E-state index contributed by atoms with van der Waals surface area (Å²) in [6.45, 7) is 20.0. The summed E-state index contributed by atoms with van der Waals surface area (Å²) >= 11 is 0. The van der Waals surface area contributed by atoms with Crippen molar-refractivity contribution in [3.63, 3.8) is 0 Å². The molecule has 0 bridgehead atoms. The number of aliphatic hydroxyl groups is 2. The van der Waals surface area contributed by atoms with E-state index in [1.165, 1.54) is 0 Å². The molecule has 2 atom stereocenters. The number of hydrogen-bond acceptors (Lipinski definition) is 4. The average molecular weight is 597 g/mol. The highest BCUT2D eigenvalue weighted by Gasteiger charge is 2.37. The minimum absolute atomic E-state index is 0.175. The van der Waals surface area contributed by atoms with Crippen molar-refractivity contribution in [2.45, 2.75) is 94.3 Å². The van der Waals surface area contributed by atoms with Gasteiger partial charge in [-0.15, -0.1) is 0 Å². The van der Waals surface area contributed by atoms with Gasteiger partial charge in [0.15, 0.2) is 11.6 Å². The van der Waals surface area contributed by atoms with Gasteiger partial charge in [-0.25, -0.2) is 0 Å². The summed E-state index contributed by atoms with van der Waals surface area (Å²) in [5.41, 5.74) is 7.18. The molecule has 0 amide bonds. The van der Waals surface area contributed by atoms with Crippen LogP contribution in [0.15, 0.2) is 130 Å². The molecule has 0 aromatic carbocycles. The molecule has 2 unspecified atom stereocenters. The lowest BCUT2D eigenvalue weighted by Gasteiger charge is -2.34. The molecular formula is C40H52O4. The topological polar surface area (TPSA) is 74.6 Å². The van der Waals surface area contributed by atoms with Crippen molar-refractivity contribution < 1.29 is 19.8 Å². The summed E-state index contributed by atoms with van der Waals surface area (Å²) in [6.07, 6.45) is 27.5. The SMILES string of the molecule is CC(C=CC=C(C)C=CC1=C(C)C(=O)C(O)CC1(C)C)=CC=CC(C)=C/C=C/C(C)=C/C=C/C1=C(C)C(=O)C(O)CC1(C)C. The quantitative estimate of drug-likeness (QED) is 0.247. The second-order valence-corrected chi connectivity index (χ2v) is 13.4. The number of allylic oxidation sites excluding steroid dienone is 20. The standard InChI is InChI=1S/C40H52O4/c1-27(17-12-18-29(3)21-14-22-33-31(5)37(43)35(41)25-39(33,7)8)15-11-16-28(2)19-13-20-30(4)23-24-34-32(6)38(44)36(42)26-40(34,9)10/h11-24,35-36,41-42H,25-26H2,1-10H3/b15-11?,18-12+,19-13?,22-14+,24-23?,27-17?,28-16?,29-21+,30-20?. The van der Waals surface area contributed by atoms with E-state index in [4.69, 9.17) is 0 Å². The first-order valence-corrected chi connectivity index (χ1v) is 15.4. The maximum Gasteiger partial charge on any atom is 0.187 e. The third-order valence-electron chi connectivity index (χ3n) is 8.31. The van der Waals surface area contributed by atoms with E-state index in [0.29, 0.717) is 24.0 Å². The van der Waals surface area contributed by atoms with Gasteiger partial charge >= 0.3 is 0 Å². The summed E-state index contributed by atoms with van der Waals surface area (Å²) < 4.78 is 0. The van der Waals surface area contributed by atoms with Crippen LogP contribution >= 0.6 is 0 Å². The number of ketones is 2. The van der Waals surface area contributed by atoms with E-state index < -0.39 is 12.2 Å². The normalized spacial score (nSPS) is 24.5. The Labute approximate surface area is 265 Å². The van der Waals surface area contributed by atoms with Crippen LogP contribution in [-0.4, -0.2) is 34.0 Å². The highest BCUT2D eigenvalue weighted by molar-refractivity contribution is 6.01. The summed E-state index contributed by atoms with van der Waals surface area (Å²) in [5.74, 6) is -0.351. The molecule has 0 saturated carbocycles. The smallest absolute Gasteiger partial charge is 0.187 e. The Morgan fingerprint density at radius 2 is 0.886 bits per heavy atom. The zero-order chi connectivity index (χ0) is 33.2. The van der Waals surface area contributed by atoms with Gasteiger partial charge in [-0.3, -0.25) is 9.59 Å². The van der Waals surface area contributed by atoms with Crippen LogP contribution in [0.5, 0.6) is 0 Å². The van der Waals surface area contributed by atoms with Crippen LogP contribution in [0.2, 0.25) is 0 Å². The lowest BCUT2D eigenvalue weighted by atomic mass is 9.71. The van der Waals surface area contributed by atoms with E-state index in [0.717, 1.165) is 33.4 Å². The van der Waals surface area contributed by atoms with Crippen LogP contribution < -0.4 is 0 Å². The maximum atomic E-state index is 12.2. The van der Waals surface area contributed by atoms with Crippen LogP contribution in [0.4, 0.5) is 0 Å². The van der Waals surface area contributed by atoms with Crippen molar-refractivity contribution >= 4 is 11.6 Å². The molecule has 4 nitrogen and oxygen atoms in total. The second-order valence-electron chi connectivity index (χ2n) is 13.4. The monoisotopic (exact) mass is 596 g/mol. The zero-order valence-corrected chi connectivity index (χ0v) is 28.4. The van der Waals surface area contributed by atoms with Crippen molar-refractivity contribution in [1.82, 2.24) is 0 Å². The number of carbonyl (C=O) groups is 2. The van der Waals surface area contributed by atoms with E-state index in [9.17, 15) is 19.8 Å². The first-order chi connectivity index (χ1) is 20.5. The molecule has 0 aromatic heterocycles. The van der Waals surface area contributed by atoms with Gasteiger partial charge in [-0.2, -0.15) is 0 Å². The van der Waals surface area contributed by atoms with Crippen LogP contribution in [-0.2, 0) is 9.59 Å².